The Morgan fingerprint density at radius 3 is 2.21 bits per heavy atom. The molecule has 122 valence electrons. The van der Waals surface area contributed by atoms with Gasteiger partial charge < -0.3 is 17.2 Å². The summed E-state index contributed by atoms with van der Waals surface area (Å²) in [6.07, 6.45) is 0.0194. The lowest BCUT2D eigenvalue weighted by Crippen LogP contribution is -2.24. The number of nitrogens with two attached hydrogens (primary N) is 3. The Morgan fingerprint density at radius 1 is 0.958 bits per heavy atom. The van der Waals surface area contributed by atoms with Crippen LogP contribution in [-0.2, 0) is 6.42 Å². The maximum Gasteiger partial charge on any atom is 0.263 e. The third kappa shape index (κ3) is 2.45. The summed E-state index contributed by atoms with van der Waals surface area (Å²) in [5.41, 5.74) is 19.6. The molecule has 0 saturated heterocycles. The fraction of sp³-hybridized carbons (Fsp3) is 0.118. The van der Waals surface area contributed by atoms with E-state index in [0.717, 1.165) is 4.90 Å². The van der Waals surface area contributed by atoms with Crippen LogP contribution in [0.15, 0.2) is 30.3 Å². The van der Waals surface area contributed by atoms with Crippen LogP contribution in [0.4, 0.5) is 17.1 Å². The van der Waals surface area contributed by atoms with Gasteiger partial charge in [-0.05, 0) is 35.9 Å². The number of imide groups is 1. The Kier molecular flexibility index (Phi) is 3.48. The predicted molar refractivity (Wildman–Crippen MR) is 90.6 cm³/mol. The van der Waals surface area contributed by atoms with Crippen LogP contribution in [0.2, 0.25) is 0 Å². The zero-order valence-electron chi connectivity index (χ0n) is 13.0. The van der Waals surface area contributed by atoms with Crippen molar-refractivity contribution in [1.29, 1.82) is 0 Å². The average Bonchev–Trinajstić information content (AvgIpc) is 2.71. The Labute approximate surface area is 138 Å². The molecule has 0 unspecified atom stereocenters. The van der Waals surface area contributed by atoms with Gasteiger partial charge in [-0.2, -0.15) is 0 Å². The first-order valence-electron chi connectivity index (χ1n) is 7.22. The van der Waals surface area contributed by atoms with Gasteiger partial charge >= 0.3 is 0 Å². The van der Waals surface area contributed by atoms with E-state index in [4.69, 9.17) is 17.2 Å². The second kappa shape index (κ2) is 5.38. The van der Waals surface area contributed by atoms with Gasteiger partial charge in [0, 0.05) is 36.1 Å². The first-order chi connectivity index (χ1) is 11.3. The third-order valence-corrected chi connectivity index (χ3v) is 3.95. The van der Waals surface area contributed by atoms with E-state index in [1.807, 2.05) is 0 Å². The van der Waals surface area contributed by atoms with Crippen molar-refractivity contribution in [2.75, 3.05) is 24.2 Å². The van der Waals surface area contributed by atoms with Gasteiger partial charge in [-0.25, -0.2) is 0 Å². The van der Waals surface area contributed by atoms with Crippen LogP contribution in [0.1, 0.15) is 36.6 Å². The summed E-state index contributed by atoms with van der Waals surface area (Å²) in [6, 6.07) is 7.71. The van der Waals surface area contributed by atoms with E-state index in [-0.39, 0.29) is 29.0 Å². The molecule has 0 fully saturated rings. The van der Waals surface area contributed by atoms with Gasteiger partial charge in [0.2, 0.25) is 0 Å². The molecule has 0 spiro atoms. The van der Waals surface area contributed by atoms with Crippen molar-refractivity contribution in [3.05, 3.63) is 52.6 Å². The molecule has 3 rings (SSSR count). The highest BCUT2D eigenvalue weighted by Crippen LogP contribution is 2.29. The topological polar surface area (TPSA) is 133 Å². The average molecular weight is 324 g/mol. The van der Waals surface area contributed by atoms with Crippen LogP contribution in [0.5, 0.6) is 0 Å². The largest absolute Gasteiger partial charge is 0.399 e. The minimum absolute atomic E-state index is 0.0194. The first-order valence-corrected chi connectivity index (χ1v) is 7.22. The fourth-order valence-electron chi connectivity index (χ4n) is 2.80. The standard InChI is InChI=1S/C17H16N4O3/c1-21-16(23)12-2-8(3-13(20)15(12)17(21)24)4-14(22)9-5-10(18)7-11(19)6-9/h2-3,5-7H,4,18-20H2,1H3. The molecule has 0 saturated carbocycles. The summed E-state index contributed by atoms with van der Waals surface area (Å²) in [5.74, 6) is -1.07. The monoisotopic (exact) mass is 324 g/mol. The van der Waals surface area contributed by atoms with Crippen molar-refractivity contribution in [3.8, 4) is 0 Å². The number of nitrogens with zero attached hydrogens (tertiary/aromatic N) is 1. The van der Waals surface area contributed by atoms with E-state index >= 15 is 0 Å². The number of rotatable bonds is 3. The van der Waals surface area contributed by atoms with Crippen LogP contribution in [0.25, 0.3) is 0 Å². The van der Waals surface area contributed by atoms with E-state index < -0.39 is 11.8 Å². The van der Waals surface area contributed by atoms with Crippen molar-refractivity contribution < 1.29 is 14.4 Å². The maximum atomic E-state index is 12.4. The Balaban J connectivity index is 1.95. The van der Waals surface area contributed by atoms with Gasteiger partial charge in [-0.15, -0.1) is 0 Å². The number of Topliss-reactive ketones (excluding diaryl/α,β-unsaturated/α-hetero) is 1. The molecule has 2 aromatic rings. The number of hydrogen-bond acceptors (Lipinski definition) is 6. The number of fused-ring (bicyclic) bond motifs is 1. The van der Waals surface area contributed by atoms with Crippen molar-refractivity contribution in [2.45, 2.75) is 6.42 Å². The van der Waals surface area contributed by atoms with Crippen LogP contribution in [-0.4, -0.2) is 29.5 Å². The number of ketones is 1. The highest BCUT2D eigenvalue weighted by atomic mass is 16.2. The van der Waals surface area contributed by atoms with E-state index in [0.29, 0.717) is 22.5 Å². The summed E-state index contributed by atoms with van der Waals surface area (Å²) in [5, 5.41) is 0. The summed E-state index contributed by atoms with van der Waals surface area (Å²) in [7, 11) is 1.39. The Hall–Kier alpha value is -3.35. The van der Waals surface area contributed by atoms with Gasteiger partial charge in [0.05, 0.1) is 11.1 Å². The summed E-state index contributed by atoms with van der Waals surface area (Å²) in [4.78, 5) is 37.5. The number of hydrogen-bond donors (Lipinski definition) is 3. The van der Waals surface area contributed by atoms with Crippen molar-refractivity contribution in [1.82, 2.24) is 4.90 Å². The van der Waals surface area contributed by atoms with Crippen molar-refractivity contribution in [2.24, 2.45) is 0 Å². The smallest absolute Gasteiger partial charge is 0.263 e. The highest BCUT2D eigenvalue weighted by molar-refractivity contribution is 6.23. The minimum atomic E-state index is -0.436. The van der Waals surface area contributed by atoms with E-state index in [2.05, 4.69) is 0 Å². The van der Waals surface area contributed by atoms with Gasteiger partial charge in [-0.1, -0.05) is 0 Å². The lowest BCUT2D eigenvalue weighted by atomic mass is 9.97. The number of nitrogen functional groups attached to an aromatic ring is 3. The summed E-state index contributed by atoms with van der Waals surface area (Å²) >= 11 is 0. The molecule has 1 aliphatic heterocycles. The van der Waals surface area contributed by atoms with Gasteiger partial charge in [0.1, 0.15) is 0 Å². The second-order valence-corrected chi connectivity index (χ2v) is 5.77. The molecule has 24 heavy (non-hydrogen) atoms. The van der Waals surface area contributed by atoms with Gasteiger partial charge in [-0.3, -0.25) is 19.3 Å². The van der Waals surface area contributed by atoms with Gasteiger partial charge in [0.25, 0.3) is 11.8 Å². The zero-order valence-corrected chi connectivity index (χ0v) is 13.0. The molecule has 0 aliphatic carbocycles. The maximum absolute atomic E-state index is 12.4. The van der Waals surface area contributed by atoms with Crippen LogP contribution >= 0.6 is 0 Å². The quantitative estimate of drug-likeness (QED) is 0.440. The van der Waals surface area contributed by atoms with Gasteiger partial charge in [0.15, 0.2) is 5.78 Å². The molecule has 2 amide bonds. The predicted octanol–water partition coefficient (Wildman–Crippen LogP) is 1.08. The van der Waals surface area contributed by atoms with Crippen LogP contribution in [0.3, 0.4) is 0 Å². The lowest BCUT2D eigenvalue weighted by molar-refractivity contribution is 0.0693. The number of benzene rings is 2. The normalized spacial score (nSPS) is 13.3. The Bertz CT molecular complexity index is 885. The lowest BCUT2D eigenvalue weighted by Gasteiger charge is -2.07. The van der Waals surface area contributed by atoms with Crippen molar-refractivity contribution in [3.63, 3.8) is 0 Å². The Morgan fingerprint density at radius 2 is 1.58 bits per heavy atom. The molecule has 6 N–H and O–H groups in total. The molecule has 0 aromatic heterocycles. The molecular weight excluding hydrogens is 308 g/mol. The third-order valence-electron chi connectivity index (χ3n) is 3.95. The molecule has 0 radical (unpaired) electrons. The molecule has 7 nitrogen and oxygen atoms in total. The molecule has 2 aromatic carbocycles. The number of amides is 2. The van der Waals surface area contributed by atoms with E-state index in [9.17, 15) is 14.4 Å². The molecule has 0 atom stereocenters. The van der Waals surface area contributed by atoms with Crippen LogP contribution < -0.4 is 17.2 Å². The SMILES string of the molecule is CN1C(=O)c2cc(CC(=O)c3cc(N)cc(N)c3)cc(N)c2C1=O. The first kappa shape index (κ1) is 15.5. The molecule has 0 bridgehead atoms. The summed E-state index contributed by atoms with van der Waals surface area (Å²) in [6.45, 7) is 0. The van der Waals surface area contributed by atoms with E-state index in [1.165, 1.54) is 31.3 Å². The second-order valence-electron chi connectivity index (χ2n) is 5.77. The summed E-state index contributed by atoms with van der Waals surface area (Å²) < 4.78 is 0. The van der Waals surface area contributed by atoms with Crippen molar-refractivity contribution >= 4 is 34.7 Å². The molecule has 1 heterocycles. The van der Waals surface area contributed by atoms with E-state index in [1.54, 1.807) is 6.07 Å². The molecular formula is C17H16N4O3. The molecule has 7 heteroatoms. The number of carbonyl (C=O) groups is 3. The number of carbonyl (C=O) groups excluding carboxylic acids is 3. The van der Waals surface area contributed by atoms with Crippen LogP contribution in [0, 0.1) is 0 Å². The highest BCUT2D eigenvalue weighted by Gasteiger charge is 2.35. The fourth-order valence-corrected chi connectivity index (χ4v) is 2.80. The zero-order chi connectivity index (χ0) is 17.6. The number of anilines is 3. The minimum Gasteiger partial charge on any atom is -0.399 e. The molecule has 1 aliphatic rings.